The highest BCUT2D eigenvalue weighted by atomic mass is 16.7. The van der Waals surface area contributed by atoms with Crippen LogP contribution in [0, 0.1) is 0 Å². The summed E-state index contributed by atoms with van der Waals surface area (Å²) in [5.41, 5.74) is 1.63. The Morgan fingerprint density at radius 1 is 1.30 bits per heavy atom. The first-order chi connectivity index (χ1) is 13.3. The molecule has 0 saturated carbocycles. The minimum absolute atomic E-state index is 0.00522. The summed E-state index contributed by atoms with van der Waals surface area (Å²) in [5.74, 6) is 2.21. The Morgan fingerprint density at radius 2 is 2.22 bits per heavy atom. The number of ether oxygens (including phenoxy) is 2. The topological polar surface area (TPSA) is 93.9 Å². The van der Waals surface area contributed by atoms with E-state index in [0.29, 0.717) is 18.7 Å². The molecule has 0 radical (unpaired) electrons. The van der Waals surface area contributed by atoms with Crippen molar-refractivity contribution in [2.45, 2.75) is 18.9 Å². The van der Waals surface area contributed by atoms with Crippen LogP contribution in [0.1, 0.15) is 12.0 Å². The van der Waals surface area contributed by atoms with Crippen molar-refractivity contribution in [1.82, 2.24) is 24.9 Å². The lowest BCUT2D eigenvalue weighted by molar-refractivity contribution is -0.121. The minimum atomic E-state index is -0.00522. The van der Waals surface area contributed by atoms with Crippen LogP contribution in [0.2, 0.25) is 0 Å². The van der Waals surface area contributed by atoms with Crippen LogP contribution in [0.15, 0.2) is 36.9 Å². The van der Waals surface area contributed by atoms with Gasteiger partial charge >= 0.3 is 0 Å². The fraction of sp³-hybridized carbons (Fsp3) is 0.333. The summed E-state index contributed by atoms with van der Waals surface area (Å²) >= 11 is 0. The van der Waals surface area contributed by atoms with Gasteiger partial charge in [-0.2, -0.15) is 0 Å². The van der Waals surface area contributed by atoms with Crippen molar-refractivity contribution in [2.24, 2.45) is 0 Å². The van der Waals surface area contributed by atoms with E-state index in [1.807, 2.05) is 28.8 Å². The fourth-order valence-electron chi connectivity index (χ4n) is 3.55. The molecule has 1 atom stereocenters. The van der Waals surface area contributed by atoms with Crippen molar-refractivity contribution in [3.8, 4) is 11.5 Å². The average Bonchev–Trinajstić information content (AvgIpc) is 3.41. The molecule has 2 aliphatic rings. The number of rotatable bonds is 4. The number of benzene rings is 1. The molecule has 27 heavy (non-hydrogen) atoms. The van der Waals surface area contributed by atoms with E-state index in [4.69, 9.17) is 9.47 Å². The van der Waals surface area contributed by atoms with Crippen LogP contribution in [0.3, 0.4) is 0 Å². The highest BCUT2D eigenvalue weighted by Crippen LogP contribution is 2.32. The number of carbonyl (C=O) groups excluding carboxylic acids is 1. The Kier molecular flexibility index (Phi) is 3.77. The summed E-state index contributed by atoms with van der Waals surface area (Å²) in [4.78, 5) is 19.0. The number of hydrogen-bond acceptors (Lipinski definition) is 7. The van der Waals surface area contributed by atoms with Gasteiger partial charge in [0.15, 0.2) is 17.3 Å². The SMILES string of the molecule is O=C(Cc1ccc2c(c1)OCO2)NC1CCN(c2nccn3cnnc23)C1. The molecule has 5 rings (SSSR count). The standard InChI is InChI=1S/C18H18N6O3/c25-16(8-12-1-2-14-15(7-12)27-11-26-14)21-13-3-5-23(9-13)17-18-22-20-10-24(18)6-4-19-17/h1-2,4,6-7,10,13H,3,5,8-9,11H2,(H,21,25). The maximum absolute atomic E-state index is 12.4. The molecule has 1 saturated heterocycles. The van der Waals surface area contributed by atoms with Gasteiger partial charge in [0.1, 0.15) is 6.33 Å². The van der Waals surface area contributed by atoms with Crippen LogP contribution < -0.4 is 19.7 Å². The van der Waals surface area contributed by atoms with Gasteiger partial charge in [0.05, 0.1) is 6.42 Å². The second-order valence-electron chi connectivity index (χ2n) is 6.68. The lowest BCUT2D eigenvalue weighted by atomic mass is 10.1. The summed E-state index contributed by atoms with van der Waals surface area (Å²) in [5, 5.41) is 11.2. The second-order valence-corrected chi connectivity index (χ2v) is 6.68. The predicted octanol–water partition coefficient (Wildman–Crippen LogP) is 0.791. The minimum Gasteiger partial charge on any atom is -0.454 e. The summed E-state index contributed by atoms with van der Waals surface area (Å²) in [6.07, 6.45) is 6.38. The van der Waals surface area contributed by atoms with Gasteiger partial charge in [-0.25, -0.2) is 4.98 Å². The molecule has 4 heterocycles. The normalized spacial score (nSPS) is 18.2. The zero-order valence-electron chi connectivity index (χ0n) is 14.5. The van der Waals surface area contributed by atoms with Crippen LogP contribution in [0.25, 0.3) is 5.65 Å². The van der Waals surface area contributed by atoms with Gasteiger partial charge < -0.3 is 19.7 Å². The van der Waals surface area contributed by atoms with Crippen molar-refractivity contribution in [3.05, 3.63) is 42.5 Å². The Labute approximate surface area is 154 Å². The Morgan fingerprint density at radius 3 is 3.19 bits per heavy atom. The summed E-state index contributed by atoms with van der Waals surface area (Å²) in [6.45, 7) is 1.75. The van der Waals surface area contributed by atoms with Crippen LogP contribution in [-0.2, 0) is 11.2 Å². The third-order valence-corrected chi connectivity index (χ3v) is 4.85. The van der Waals surface area contributed by atoms with Crippen molar-refractivity contribution in [3.63, 3.8) is 0 Å². The van der Waals surface area contributed by atoms with Crippen LogP contribution >= 0.6 is 0 Å². The molecule has 1 amide bonds. The van der Waals surface area contributed by atoms with Gasteiger partial charge in [0.25, 0.3) is 0 Å². The van der Waals surface area contributed by atoms with Gasteiger partial charge in [0, 0.05) is 31.5 Å². The number of amides is 1. The maximum atomic E-state index is 12.4. The molecule has 9 heteroatoms. The Bertz CT molecular complexity index is 1000. The maximum Gasteiger partial charge on any atom is 0.231 e. The van der Waals surface area contributed by atoms with Crippen LogP contribution in [0.5, 0.6) is 11.5 Å². The number of nitrogens with zero attached hydrogens (tertiary/aromatic N) is 5. The van der Waals surface area contributed by atoms with E-state index >= 15 is 0 Å². The summed E-state index contributed by atoms with van der Waals surface area (Å²) < 4.78 is 12.5. The predicted molar refractivity (Wildman–Crippen MR) is 95.8 cm³/mol. The highest BCUT2D eigenvalue weighted by Gasteiger charge is 2.27. The van der Waals surface area contributed by atoms with E-state index in [-0.39, 0.29) is 18.7 Å². The quantitative estimate of drug-likeness (QED) is 0.730. The number of fused-ring (bicyclic) bond motifs is 2. The van der Waals surface area contributed by atoms with E-state index in [0.717, 1.165) is 35.7 Å². The monoisotopic (exact) mass is 366 g/mol. The molecule has 0 spiro atoms. The van der Waals surface area contributed by atoms with Crippen LogP contribution in [0.4, 0.5) is 5.82 Å². The molecule has 3 aromatic rings. The molecule has 0 aliphatic carbocycles. The van der Waals surface area contributed by atoms with E-state index in [1.165, 1.54) is 0 Å². The largest absolute Gasteiger partial charge is 0.454 e. The summed E-state index contributed by atoms with van der Waals surface area (Å²) in [6, 6.07) is 5.67. The van der Waals surface area contributed by atoms with Gasteiger partial charge in [-0.1, -0.05) is 6.07 Å². The molecule has 1 N–H and O–H groups in total. The molecule has 1 fully saturated rings. The molecule has 2 aliphatic heterocycles. The molecular weight excluding hydrogens is 348 g/mol. The molecule has 0 bridgehead atoms. The second kappa shape index (κ2) is 6.42. The number of hydrogen-bond donors (Lipinski definition) is 1. The lowest BCUT2D eigenvalue weighted by Gasteiger charge is -2.18. The van der Waals surface area contributed by atoms with E-state index in [2.05, 4.69) is 25.4 Å². The Hall–Kier alpha value is -3.36. The number of carbonyl (C=O) groups is 1. The number of anilines is 1. The molecule has 138 valence electrons. The van der Waals surface area contributed by atoms with E-state index in [1.54, 1.807) is 12.5 Å². The van der Waals surface area contributed by atoms with Crippen LogP contribution in [-0.4, -0.2) is 51.4 Å². The first kappa shape index (κ1) is 15.9. The molecule has 1 unspecified atom stereocenters. The van der Waals surface area contributed by atoms with E-state index in [9.17, 15) is 4.79 Å². The first-order valence-corrected chi connectivity index (χ1v) is 8.83. The van der Waals surface area contributed by atoms with Crippen molar-refractivity contribution in [2.75, 3.05) is 24.8 Å². The highest BCUT2D eigenvalue weighted by molar-refractivity contribution is 5.79. The van der Waals surface area contributed by atoms with Crippen molar-refractivity contribution < 1.29 is 14.3 Å². The smallest absolute Gasteiger partial charge is 0.231 e. The third kappa shape index (κ3) is 3.01. The zero-order valence-corrected chi connectivity index (χ0v) is 14.5. The number of aromatic nitrogens is 4. The summed E-state index contributed by atoms with van der Waals surface area (Å²) in [7, 11) is 0. The van der Waals surface area contributed by atoms with Gasteiger partial charge in [-0.05, 0) is 24.1 Å². The third-order valence-electron chi connectivity index (χ3n) is 4.85. The molecule has 2 aromatic heterocycles. The first-order valence-electron chi connectivity index (χ1n) is 8.83. The number of nitrogens with one attached hydrogen (secondary N) is 1. The Balaban J connectivity index is 1.22. The van der Waals surface area contributed by atoms with E-state index < -0.39 is 0 Å². The molecule has 9 nitrogen and oxygen atoms in total. The van der Waals surface area contributed by atoms with Gasteiger partial charge in [-0.15, -0.1) is 10.2 Å². The zero-order chi connectivity index (χ0) is 18.2. The van der Waals surface area contributed by atoms with Crippen molar-refractivity contribution >= 4 is 17.4 Å². The molecular formula is C18H18N6O3. The fourth-order valence-corrected chi connectivity index (χ4v) is 3.55. The molecule has 1 aromatic carbocycles. The van der Waals surface area contributed by atoms with Gasteiger partial charge in [-0.3, -0.25) is 9.20 Å². The average molecular weight is 366 g/mol. The lowest BCUT2D eigenvalue weighted by Crippen LogP contribution is -2.38. The van der Waals surface area contributed by atoms with Gasteiger partial charge in [0.2, 0.25) is 18.3 Å². The van der Waals surface area contributed by atoms with Crippen molar-refractivity contribution in [1.29, 1.82) is 0 Å².